The molecule has 17 N–H and O–H groups in total. The molecule has 0 fully saturated rings. The van der Waals surface area contributed by atoms with E-state index in [0.717, 1.165) is 6.92 Å². The minimum absolute atomic E-state index is 0.00119. The number of rotatable bonds is 33. The summed E-state index contributed by atoms with van der Waals surface area (Å²) in [5.74, 6) is -12.0. The lowest BCUT2D eigenvalue weighted by Gasteiger charge is -2.27. The summed E-state index contributed by atoms with van der Waals surface area (Å²) in [5, 5.41) is 67.4. The van der Waals surface area contributed by atoms with Crippen molar-refractivity contribution >= 4 is 88.6 Å². The lowest BCUT2D eigenvalue weighted by atomic mass is 10.0. The second kappa shape index (κ2) is 31.8. The SMILES string of the molecule is CSCC[C@H](NC(=O)C(NC(=O)CNC(=O)[C@H](CC(=O)O)NC(=O)[C@H](CCSC)NC(=O)[C@@H](N)Cc1ccc(O)cc1)[C@@H](C)O)C(=O)N[C@@H](CO)C(=O)N[C@@H](CCC(N)=O)C(=O)N[C@H](C(=O)O)C(C)C. The number of hydrogen-bond acceptors (Lipinski definition) is 17. The predicted octanol–water partition coefficient (Wildman–Crippen LogP) is -4.87. The number of aliphatic hydroxyl groups is 2. The van der Waals surface area contributed by atoms with Crippen LogP contribution in [0.25, 0.3) is 0 Å². The van der Waals surface area contributed by atoms with Gasteiger partial charge in [0.1, 0.15) is 48.0 Å². The number of aromatic hydroxyl groups is 1. The highest BCUT2D eigenvalue weighted by Crippen LogP contribution is 2.12. The molecule has 0 saturated heterocycles. The van der Waals surface area contributed by atoms with E-state index in [1.54, 1.807) is 24.6 Å². The maximum Gasteiger partial charge on any atom is 0.326 e. The maximum atomic E-state index is 13.5. The molecule has 26 nitrogen and oxygen atoms in total. The molecule has 9 atom stereocenters. The molecule has 0 aromatic heterocycles. The highest BCUT2D eigenvalue weighted by Gasteiger charge is 2.35. The van der Waals surface area contributed by atoms with Crippen molar-refractivity contribution in [3.8, 4) is 5.75 Å². The number of aliphatic carboxylic acids is 2. The Hall–Kier alpha value is -6.23. The van der Waals surface area contributed by atoms with Crippen LogP contribution in [0.15, 0.2) is 24.3 Å². The minimum atomic E-state index is -1.79. The molecule has 0 aliphatic heterocycles. The smallest absolute Gasteiger partial charge is 0.326 e. The predicted molar refractivity (Wildman–Crippen MR) is 254 cm³/mol. The van der Waals surface area contributed by atoms with E-state index < -0.39 is 151 Å². The summed E-state index contributed by atoms with van der Waals surface area (Å²) in [6.07, 6.45) is -0.00915. The molecular formula is C42H66N10O16S2. The number of carboxylic acid groups (broad SMARTS) is 2. The van der Waals surface area contributed by atoms with Crippen LogP contribution in [0.1, 0.15) is 58.4 Å². The van der Waals surface area contributed by atoms with Gasteiger partial charge in [-0.15, -0.1) is 0 Å². The lowest BCUT2D eigenvalue weighted by molar-refractivity contribution is -0.144. The van der Waals surface area contributed by atoms with Gasteiger partial charge in [0, 0.05) is 6.42 Å². The fourth-order valence-corrected chi connectivity index (χ4v) is 7.11. The molecule has 0 aliphatic carbocycles. The molecule has 1 aromatic rings. The normalized spacial score (nSPS) is 14.9. The van der Waals surface area contributed by atoms with Crippen molar-refractivity contribution in [3.05, 3.63) is 29.8 Å². The number of hydrogen-bond donors (Lipinski definition) is 15. The number of phenols is 1. The van der Waals surface area contributed by atoms with Crippen LogP contribution in [0.2, 0.25) is 0 Å². The Labute approximate surface area is 412 Å². The first-order valence-corrected chi connectivity index (χ1v) is 24.6. The number of phenolic OH excluding ortho intramolecular Hbond substituents is 1. The highest BCUT2D eigenvalue weighted by atomic mass is 32.2. The quantitative estimate of drug-likeness (QED) is 0.0314. The zero-order valence-corrected chi connectivity index (χ0v) is 41.0. The maximum absolute atomic E-state index is 13.5. The molecule has 9 amide bonds. The summed E-state index contributed by atoms with van der Waals surface area (Å²) < 4.78 is 0. The van der Waals surface area contributed by atoms with Gasteiger partial charge in [0.2, 0.25) is 53.2 Å². The average molecular weight is 1030 g/mol. The fraction of sp³-hybridized carbons (Fsp3) is 0.595. The monoisotopic (exact) mass is 1030 g/mol. The molecule has 0 spiro atoms. The van der Waals surface area contributed by atoms with Crippen LogP contribution in [0.4, 0.5) is 0 Å². The van der Waals surface area contributed by atoms with E-state index in [-0.39, 0.29) is 37.2 Å². The minimum Gasteiger partial charge on any atom is -0.508 e. The van der Waals surface area contributed by atoms with Crippen molar-refractivity contribution in [1.82, 2.24) is 42.5 Å². The molecule has 0 aliphatic rings. The first kappa shape index (κ1) is 61.8. The first-order chi connectivity index (χ1) is 32.8. The van der Waals surface area contributed by atoms with E-state index in [1.165, 1.54) is 49.5 Å². The van der Waals surface area contributed by atoms with Crippen LogP contribution in [-0.4, -0.2) is 182 Å². The van der Waals surface area contributed by atoms with Gasteiger partial charge in [-0.3, -0.25) is 47.9 Å². The molecule has 1 unspecified atom stereocenters. The number of thioether (sulfide) groups is 2. The Kier molecular flexibility index (Phi) is 28.1. The Morgan fingerprint density at radius 3 is 1.56 bits per heavy atom. The van der Waals surface area contributed by atoms with Crippen LogP contribution in [-0.2, 0) is 59.2 Å². The summed E-state index contributed by atoms with van der Waals surface area (Å²) in [7, 11) is 0. The van der Waals surface area contributed by atoms with Crippen LogP contribution in [0, 0.1) is 5.92 Å². The second-order valence-corrected chi connectivity index (χ2v) is 18.2. The van der Waals surface area contributed by atoms with Crippen molar-refractivity contribution < 1.29 is 78.3 Å². The number of carboxylic acids is 2. The van der Waals surface area contributed by atoms with E-state index in [2.05, 4.69) is 42.5 Å². The van der Waals surface area contributed by atoms with Gasteiger partial charge in [-0.25, -0.2) is 4.79 Å². The van der Waals surface area contributed by atoms with Crippen LogP contribution >= 0.6 is 23.5 Å². The zero-order valence-electron chi connectivity index (χ0n) is 39.4. The van der Waals surface area contributed by atoms with E-state index in [1.807, 2.05) is 0 Å². The zero-order chi connectivity index (χ0) is 53.2. The number of primary amides is 1. The third-order valence-electron chi connectivity index (χ3n) is 10.1. The summed E-state index contributed by atoms with van der Waals surface area (Å²) in [6, 6.07) is -6.22. The summed E-state index contributed by atoms with van der Waals surface area (Å²) in [6.45, 7) is 2.18. The van der Waals surface area contributed by atoms with Gasteiger partial charge in [-0.1, -0.05) is 26.0 Å². The molecule has 28 heteroatoms. The van der Waals surface area contributed by atoms with Gasteiger partial charge in [0.15, 0.2) is 0 Å². The second-order valence-electron chi connectivity index (χ2n) is 16.2. The fourth-order valence-electron chi connectivity index (χ4n) is 6.17. The van der Waals surface area contributed by atoms with Gasteiger partial charge in [0.25, 0.3) is 0 Å². The lowest BCUT2D eigenvalue weighted by Crippen LogP contribution is -2.61. The molecular weight excluding hydrogens is 965 g/mol. The largest absolute Gasteiger partial charge is 0.508 e. The average Bonchev–Trinajstić information content (AvgIpc) is 3.29. The van der Waals surface area contributed by atoms with Crippen molar-refractivity contribution in [2.75, 3.05) is 37.2 Å². The number of aliphatic hydroxyl groups excluding tert-OH is 2. The molecule has 0 radical (unpaired) electrons. The Morgan fingerprint density at radius 2 is 1.09 bits per heavy atom. The number of nitrogens with one attached hydrogen (secondary N) is 8. The third kappa shape index (κ3) is 22.9. The van der Waals surface area contributed by atoms with Crippen molar-refractivity contribution in [1.29, 1.82) is 0 Å². The molecule has 70 heavy (non-hydrogen) atoms. The number of amides is 9. The Morgan fingerprint density at radius 1 is 0.614 bits per heavy atom. The molecule has 1 rings (SSSR count). The Balaban J connectivity index is 3.10. The number of nitrogens with two attached hydrogens (primary N) is 2. The van der Waals surface area contributed by atoms with E-state index in [4.69, 9.17) is 11.5 Å². The van der Waals surface area contributed by atoms with Gasteiger partial charge in [0.05, 0.1) is 31.7 Å². The summed E-state index contributed by atoms with van der Waals surface area (Å²) in [5.41, 5.74) is 11.9. The molecule has 392 valence electrons. The van der Waals surface area contributed by atoms with Crippen molar-refractivity contribution in [2.45, 2.75) is 114 Å². The first-order valence-electron chi connectivity index (χ1n) is 21.8. The molecule has 1 aromatic carbocycles. The van der Waals surface area contributed by atoms with Gasteiger partial charge in [-0.05, 0) is 80.2 Å². The van der Waals surface area contributed by atoms with Crippen LogP contribution in [0.5, 0.6) is 5.75 Å². The molecule has 0 heterocycles. The standard InChI is InChI=1S/C42H66N10O16S2/c1-20(2)33(42(67)68)52-39(64)25(10-11-30(44)56)47-40(65)29(19-53)50-38(63)27(13-15-70-5)48-41(66)34(21(3)54)51-31(57)18-45-36(61)28(17-32(58)59)49-37(62)26(12-14-69-4)46-35(60)24(43)16-22-6-8-23(55)9-7-22/h6-9,20-21,24-29,33-34,53-55H,10-19,43H2,1-5H3,(H2,44,56)(H,45,61)(H,46,60)(H,47,65)(H,48,66)(H,49,62)(H,50,63)(H,51,57)(H,52,64)(H,58,59)(H,67,68)/t21-,24+,25+,26+,27+,28+,29+,33+,34?/m1/s1. The van der Waals surface area contributed by atoms with Crippen molar-refractivity contribution in [2.24, 2.45) is 17.4 Å². The van der Waals surface area contributed by atoms with Crippen LogP contribution in [0.3, 0.4) is 0 Å². The summed E-state index contributed by atoms with van der Waals surface area (Å²) >= 11 is 2.58. The topological polar surface area (TPSA) is 437 Å². The number of benzene rings is 1. The van der Waals surface area contributed by atoms with E-state index in [9.17, 15) is 78.3 Å². The summed E-state index contributed by atoms with van der Waals surface area (Å²) in [4.78, 5) is 141. The van der Waals surface area contributed by atoms with Gasteiger partial charge in [-0.2, -0.15) is 23.5 Å². The van der Waals surface area contributed by atoms with Gasteiger partial charge >= 0.3 is 11.9 Å². The number of carbonyl (C=O) groups is 11. The van der Waals surface area contributed by atoms with E-state index in [0.29, 0.717) is 11.3 Å². The van der Waals surface area contributed by atoms with Gasteiger partial charge < -0.3 is 79.5 Å². The van der Waals surface area contributed by atoms with E-state index >= 15 is 0 Å². The third-order valence-corrected chi connectivity index (χ3v) is 11.4. The Bertz CT molecular complexity index is 1980. The molecule has 0 saturated carbocycles. The van der Waals surface area contributed by atoms with Crippen molar-refractivity contribution in [3.63, 3.8) is 0 Å². The highest BCUT2D eigenvalue weighted by molar-refractivity contribution is 7.98. The molecule has 0 bridgehead atoms. The number of carbonyl (C=O) groups excluding carboxylic acids is 9. The van der Waals surface area contributed by atoms with Crippen LogP contribution < -0.4 is 54.0 Å².